The highest BCUT2D eigenvalue weighted by Gasteiger charge is 2.22. The van der Waals surface area contributed by atoms with Crippen LogP contribution in [-0.4, -0.2) is 9.13 Å². The fourth-order valence-corrected chi connectivity index (χ4v) is 7.94. The first-order chi connectivity index (χ1) is 24.4. The lowest BCUT2D eigenvalue weighted by Crippen LogP contribution is -1.98. The smallest absolute Gasteiger partial charge is 0.0547 e. The van der Waals surface area contributed by atoms with Crippen LogP contribution in [0.4, 0.5) is 0 Å². The van der Waals surface area contributed by atoms with Gasteiger partial charge >= 0.3 is 0 Å². The SMILES string of the molecule is C1=CC=C(c2ccccc2-n2c3ccccc3c3c(-c4cccc5c4c4ccccc4n5-c4ccccc4-c4ccccc4)cccc32)C=1. The Hall–Kier alpha value is -6.60. The lowest BCUT2D eigenvalue weighted by Gasteiger charge is -2.15. The lowest BCUT2D eigenvalue weighted by atomic mass is 9.95. The van der Waals surface area contributed by atoms with Crippen LogP contribution in [0.15, 0.2) is 188 Å². The zero-order valence-corrected chi connectivity index (χ0v) is 26.7. The average molecular weight is 623 g/mol. The standard InChI is InChI=1S/C47H30N2/c1-2-16-32(17-3-1)34-20-6-10-26-40(34)48-42-28-12-8-22-38(42)46-36(24-14-30-44(46)48)37-25-15-31-45-47(37)39-23-9-13-29-43(39)49(45)41-27-11-7-21-35(41)33-18-4-5-19-33/h1-4,6-31H. The van der Waals surface area contributed by atoms with Crippen molar-refractivity contribution in [2.45, 2.75) is 0 Å². The predicted octanol–water partition coefficient (Wildman–Crippen LogP) is 12.3. The van der Waals surface area contributed by atoms with Crippen molar-refractivity contribution in [1.82, 2.24) is 9.13 Å². The van der Waals surface area contributed by atoms with E-state index < -0.39 is 0 Å². The molecule has 0 saturated heterocycles. The molecule has 0 saturated carbocycles. The predicted molar refractivity (Wildman–Crippen MR) is 207 cm³/mol. The number of nitrogens with zero attached hydrogens (tertiary/aromatic N) is 2. The van der Waals surface area contributed by atoms with Gasteiger partial charge in [-0.05, 0) is 76.9 Å². The molecule has 0 amide bonds. The van der Waals surface area contributed by atoms with Crippen LogP contribution in [0.3, 0.4) is 0 Å². The van der Waals surface area contributed by atoms with E-state index >= 15 is 0 Å². The molecule has 7 aromatic carbocycles. The Labute approximate surface area is 284 Å². The van der Waals surface area contributed by atoms with E-state index in [1.165, 1.54) is 82.7 Å². The molecule has 10 rings (SSSR count). The van der Waals surface area contributed by atoms with Gasteiger partial charge in [-0.25, -0.2) is 0 Å². The van der Waals surface area contributed by atoms with Gasteiger partial charge in [0.1, 0.15) is 0 Å². The minimum Gasteiger partial charge on any atom is -0.309 e. The molecule has 49 heavy (non-hydrogen) atoms. The Morgan fingerprint density at radius 2 is 0.837 bits per heavy atom. The van der Waals surface area contributed by atoms with Gasteiger partial charge < -0.3 is 9.13 Å². The zero-order valence-electron chi connectivity index (χ0n) is 26.7. The van der Waals surface area contributed by atoms with Gasteiger partial charge in [-0.2, -0.15) is 0 Å². The van der Waals surface area contributed by atoms with E-state index in [0.29, 0.717) is 0 Å². The van der Waals surface area contributed by atoms with E-state index in [1.54, 1.807) is 0 Å². The average Bonchev–Trinajstić information content (AvgIpc) is 3.91. The molecular formula is C47H30N2. The molecule has 2 nitrogen and oxygen atoms in total. The van der Waals surface area contributed by atoms with Gasteiger partial charge in [-0.3, -0.25) is 0 Å². The van der Waals surface area contributed by atoms with Gasteiger partial charge in [0.2, 0.25) is 0 Å². The van der Waals surface area contributed by atoms with Crippen LogP contribution in [0.5, 0.6) is 0 Å². The van der Waals surface area contributed by atoms with Gasteiger partial charge in [0, 0.05) is 32.7 Å². The Balaban J connectivity index is 1.29. The van der Waals surface area contributed by atoms with Crippen molar-refractivity contribution in [2.75, 3.05) is 0 Å². The van der Waals surface area contributed by atoms with Crippen LogP contribution in [0.1, 0.15) is 5.56 Å². The summed E-state index contributed by atoms with van der Waals surface area (Å²) in [5.41, 5.74) is 17.6. The van der Waals surface area contributed by atoms with Crippen LogP contribution < -0.4 is 0 Å². The number of para-hydroxylation sites is 4. The minimum absolute atomic E-state index is 1.16. The number of hydrogen-bond acceptors (Lipinski definition) is 0. The molecule has 0 N–H and O–H groups in total. The molecule has 0 fully saturated rings. The number of allylic oxidation sites excluding steroid dienone is 3. The molecule has 2 heteroatoms. The number of rotatable bonds is 5. The summed E-state index contributed by atoms with van der Waals surface area (Å²) >= 11 is 0. The lowest BCUT2D eigenvalue weighted by molar-refractivity contribution is 1.17. The van der Waals surface area contributed by atoms with Crippen LogP contribution in [0.25, 0.3) is 82.8 Å². The van der Waals surface area contributed by atoms with E-state index in [2.05, 4.69) is 191 Å². The van der Waals surface area contributed by atoms with Gasteiger partial charge in [-0.15, -0.1) is 5.73 Å². The third-order valence-corrected chi connectivity index (χ3v) is 9.97. The highest BCUT2D eigenvalue weighted by Crippen LogP contribution is 2.45. The summed E-state index contributed by atoms with van der Waals surface area (Å²) < 4.78 is 4.89. The maximum atomic E-state index is 3.25. The Morgan fingerprint density at radius 3 is 1.43 bits per heavy atom. The second kappa shape index (κ2) is 11.0. The number of fused-ring (bicyclic) bond motifs is 6. The molecule has 0 unspecified atom stereocenters. The molecule has 0 atom stereocenters. The fourth-order valence-electron chi connectivity index (χ4n) is 7.94. The molecule has 0 spiro atoms. The van der Waals surface area contributed by atoms with Crippen molar-refractivity contribution in [2.24, 2.45) is 0 Å². The first kappa shape index (κ1) is 27.5. The molecule has 228 valence electrons. The summed E-state index contributed by atoms with van der Waals surface area (Å²) in [6.07, 6.45) is 6.21. The summed E-state index contributed by atoms with van der Waals surface area (Å²) in [5.74, 6) is 0. The molecule has 0 aliphatic heterocycles. The molecule has 2 aromatic heterocycles. The molecule has 0 radical (unpaired) electrons. The van der Waals surface area contributed by atoms with Crippen LogP contribution in [-0.2, 0) is 0 Å². The van der Waals surface area contributed by atoms with Crippen LogP contribution in [0, 0.1) is 0 Å². The fraction of sp³-hybridized carbons (Fsp3) is 0. The summed E-state index contributed by atoms with van der Waals surface area (Å²) in [5, 5.41) is 5.01. The Morgan fingerprint density at radius 1 is 0.367 bits per heavy atom. The van der Waals surface area contributed by atoms with Gasteiger partial charge in [-0.1, -0.05) is 127 Å². The third kappa shape index (κ3) is 4.15. The topological polar surface area (TPSA) is 9.86 Å². The van der Waals surface area contributed by atoms with Gasteiger partial charge in [0.15, 0.2) is 0 Å². The second-order valence-corrected chi connectivity index (χ2v) is 12.6. The van der Waals surface area contributed by atoms with Crippen molar-refractivity contribution in [1.29, 1.82) is 0 Å². The number of benzene rings is 7. The molecule has 2 heterocycles. The number of hydrogen-bond donors (Lipinski definition) is 0. The molecular weight excluding hydrogens is 593 g/mol. The van der Waals surface area contributed by atoms with Crippen molar-refractivity contribution in [3.8, 4) is 33.6 Å². The maximum Gasteiger partial charge on any atom is 0.0547 e. The zero-order chi connectivity index (χ0) is 32.3. The van der Waals surface area contributed by atoms with E-state index in [9.17, 15) is 0 Å². The highest BCUT2D eigenvalue weighted by atomic mass is 15.0. The van der Waals surface area contributed by atoms with Crippen LogP contribution in [0.2, 0.25) is 0 Å². The highest BCUT2D eigenvalue weighted by molar-refractivity contribution is 6.22. The van der Waals surface area contributed by atoms with Gasteiger partial charge in [0.25, 0.3) is 0 Å². The van der Waals surface area contributed by atoms with Crippen molar-refractivity contribution in [3.05, 3.63) is 193 Å². The van der Waals surface area contributed by atoms with Gasteiger partial charge in [0.05, 0.1) is 33.4 Å². The van der Waals surface area contributed by atoms with Crippen LogP contribution >= 0.6 is 0 Å². The minimum atomic E-state index is 1.16. The third-order valence-electron chi connectivity index (χ3n) is 9.97. The molecule has 9 aromatic rings. The van der Waals surface area contributed by atoms with E-state index in [-0.39, 0.29) is 0 Å². The molecule has 1 aliphatic rings. The summed E-state index contributed by atoms with van der Waals surface area (Å²) in [6.45, 7) is 0. The second-order valence-electron chi connectivity index (χ2n) is 12.6. The largest absolute Gasteiger partial charge is 0.309 e. The summed E-state index contributed by atoms with van der Waals surface area (Å²) in [7, 11) is 0. The Kier molecular flexibility index (Phi) is 6.17. The van der Waals surface area contributed by atoms with E-state index in [0.717, 1.165) is 5.69 Å². The summed E-state index contributed by atoms with van der Waals surface area (Å²) in [4.78, 5) is 0. The first-order valence-electron chi connectivity index (χ1n) is 16.8. The monoisotopic (exact) mass is 622 g/mol. The molecule has 0 bridgehead atoms. The van der Waals surface area contributed by atoms with Crippen molar-refractivity contribution < 1.29 is 0 Å². The van der Waals surface area contributed by atoms with Crippen molar-refractivity contribution in [3.63, 3.8) is 0 Å². The summed E-state index contributed by atoms with van der Waals surface area (Å²) in [6, 6.07) is 59.4. The molecule has 1 aliphatic carbocycles. The quantitative estimate of drug-likeness (QED) is 0.169. The normalized spacial score (nSPS) is 12.5. The maximum absolute atomic E-state index is 3.25. The van der Waals surface area contributed by atoms with E-state index in [1.807, 2.05) is 6.08 Å². The van der Waals surface area contributed by atoms with Crippen molar-refractivity contribution >= 4 is 49.2 Å². The Bertz CT molecular complexity index is 2850. The first-order valence-corrected chi connectivity index (χ1v) is 16.8. The number of aromatic nitrogens is 2. The van der Waals surface area contributed by atoms with E-state index in [4.69, 9.17) is 0 Å².